The van der Waals surface area contributed by atoms with Crippen LogP contribution in [-0.4, -0.2) is 24.8 Å². The van der Waals surface area contributed by atoms with Gasteiger partial charge < -0.3 is 15.0 Å². The molecule has 0 aromatic carbocycles. The van der Waals surface area contributed by atoms with Crippen molar-refractivity contribution in [1.82, 2.24) is 0 Å². The van der Waals surface area contributed by atoms with Crippen molar-refractivity contribution in [2.24, 2.45) is 28.9 Å². The molecule has 1 unspecified atom stereocenters. The van der Waals surface area contributed by atoms with Crippen molar-refractivity contribution in [3.05, 3.63) is 0 Å². The Kier molecular flexibility index (Phi) is 3.09. The summed E-state index contributed by atoms with van der Waals surface area (Å²) >= 11 is 0. The molecule has 3 nitrogen and oxygen atoms in total. The molecule has 1 heterocycles. The van der Waals surface area contributed by atoms with Gasteiger partial charge in [-0.2, -0.15) is 0 Å². The summed E-state index contributed by atoms with van der Waals surface area (Å²) in [6, 6.07) is 0. The van der Waals surface area contributed by atoms with Gasteiger partial charge in [0.2, 0.25) is 0 Å². The molecule has 0 radical (unpaired) electrons. The molecule has 2 N–H and O–H groups in total. The second-order valence-electron chi connectivity index (χ2n) is 8.21. The maximum Gasteiger partial charge on any atom is 0.475 e. The maximum absolute atomic E-state index is 6.27. The first-order valence-electron chi connectivity index (χ1n) is 7.83. The largest absolute Gasteiger partial charge is 0.475 e. The molecule has 0 aromatic heterocycles. The second kappa shape index (κ2) is 4.22. The average Bonchev–Trinajstić information content (AvgIpc) is 2.64. The van der Waals surface area contributed by atoms with Crippen LogP contribution in [0.15, 0.2) is 0 Å². The monoisotopic (exact) mass is 265 g/mol. The molecule has 4 rings (SSSR count). The Morgan fingerprint density at radius 2 is 2.00 bits per heavy atom. The summed E-state index contributed by atoms with van der Waals surface area (Å²) in [6.45, 7) is 11.4. The molecule has 0 amide bonds. The highest BCUT2D eigenvalue weighted by Crippen LogP contribution is 2.64. The van der Waals surface area contributed by atoms with Gasteiger partial charge >= 0.3 is 7.12 Å². The Bertz CT molecular complexity index is 373. The molecule has 1 saturated heterocycles. The summed E-state index contributed by atoms with van der Waals surface area (Å²) in [7, 11) is -0.201. The van der Waals surface area contributed by atoms with Gasteiger partial charge in [-0.25, -0.2) is 0 Å². The Labute approximate surface area is 117 Å². The quantitative estimate of drug-likeness (QED) is 0.798. The van der Waals surface area contributed by atoms with Gasteiger partial charge in [0.05, 0.1) is 11.7 Å². The van der Waals surface area contributed by atoms with Gasteiger partial charge in [0.25, 0.3) is 0 Å². The number of nitrogens with two attached hydrogens (primary N) is 1. The molecule has 4 fully saturated rings. The minimum Gasteiger partial charge on any atom is -0.404 e. The van der Waals surface area contributed by atoms with Crippen molar-refractivity contribution in [2.45, 2.75) is 71.5 Å². The topological polar surface area (TPSA) is 44.5 Å². The maximum atomic E-state index is 6.27. The van der Waals surface area contributed by atoms with Crippen molar-refractivity contribution < 1.29 is 9.31 Å². The molecule has 108 valence electrons. The van der Waals surface area contributed by atoms with Gasteiger partial charge in [0, 0.05) is 5.94 Å². The van der Waals surface area contributed by atoms with Crippen molar-refractivity contribution >= 4 is 7.12 Å². The third-order valence-electron chi connectivity index (χ3n) is 5.92. The van der Waals surface area contributed by atoms with Crippen LogP contribution in [0, 0.1) is 23.2 Å². The van der Waals surface area contributed by atoms with Crippen molar-refractivity contribution in [3.8, 4) is 0 Å². The minimum absolute atomic E-state index is 0.00253. The summed E-state index contributed by atoms with van der Waals surface area (Å²) in [6.07, 6.45) is 3.65. The lowest BCUT2D eigenvalue weighted by Gasteiger charge is -2.63. The van der Waals surface area contributed by atoms with E-state index in [1.165, 1.54) is 6.42 Å². The van der Waals surface area contributed by atoms with E-state index in [1.54, 1.807) is 0 Å². The molecule has 5 atom stereocenters. The van der Waals surface area contributed by atoms with Crippen molar-refractivity contribution in [3.63, 3.8) is 0 Å². The zero-order valence-electron chi connectivity index (χ0n) is 13.0. The summed E-state index contributed by atoms with van der Waals surface area (Å²) in [5, 5.41) is 0. The molecule has 2 bridgehead atoms. The summed E-state index contributed by atoms with van der Waals surface area (Å²) in [4.78, 5) is 0. The van der Waals surface area contributed by atoms with Gasteiger partial charge in [-0.1, -0.05) is 27.7 Å². The molecular weight excluding hydrogens is 237 g/mol. The fraction of sp³-hybridized carbons (Fsp3) is 1.00. The summed E-state index contributed by atoms with van der Waals surface area (Å²) in [5.74, 6) is 2.03. The van der Waals surface area contributed by atoms with Gasteiger partial charge in [-0.15, -0.1) is 0 Å². The van der Waals surface area contributed by atoms with E-state index in [2.05, 4.69) is 34.6 Å². The first kappa shape index (κ1) is 13.9. The van der Waals surface area contributed by atoms with Gasteiger partial charge in [0.15, 0.2) is 0 Å². The first-order valence-corrected chi connectivity index (χ1v) is 7.83. The first-order chi connectivity index (χ1) is 8.74. The number of rotatable bonds is 3. The minimum atomic E-state index is -0.201. The highest BCUT2D eigenvalue weighted by atomic mass is 16.7. The smallest absolute Gasteiger partial charge is 0.404 e. The lowest BCUT2D eigenvalue weighted by atomic mass is 9.45. The van der Waals surface area contributed by atoms with E-state index in [0.717, 1.165) is 18.8 Å². The lowest BCUT2D eigenvalue weighted by Crippen LogP contribution is -2.63. The zero-order valence-corrected chi connectivity index (χ0v) is 13.0. The van der Waals surface area contributed by atoms with Crippen LogP contribution < -0.4 is 5.73 Å². The fourth-order valence-electron chi connectivity index (χ4n) is 4.58. The van der Waals surface area contributed by atoms with E-state index in [4.69, 9.17) is 15.0 Å². The van der Waals surface area contributed by atoms with Crippen LogP contribution in [0.4, 0.5) is 0 Å². The van der Waals surface area contributed by atoms with Crippen LogP contribution in [0.25, 0.3) is 0 Å². The van der Waals surface area contributed by atoms with Crippen LogP contribution in [0.1, 0.15) is 53.9 Å². The fourth-order valence-corrected chi connectivity index (χ4v) is 4.58. The Morgan fingerprint density at radius 1 is 1.32 bits per heavy atom. The van der Waals surface area contributed by atoms with Crippen LogP contribution in [0.2, 0.25) is 0 Å². The van der Waals surface area contributed by atoms with Crippen LogP contribution in [0.3, 0.4) is 0 Å². The molecule has 4 aliphatic rings. The molecule has 4 heteroatoms. The molecule has 3 saturated carbocycles. The zero-order chi connectivity index (χ0) is 14.0. The molecule has 1 aliphatic heterocycles. The molecular formula is C15H28BNO2. The normalized spacial score (nSPS) is 45.0. The standard InChI is InChI=1S/C15H28BNO2/c1-9(2)6-12(17)16-18-13-11-7-10(14(11,3)4)8-15(13,5)19-16/h9-13H,6-8,17H2,1-5H3/t10-,11?,12-,13-,15-/m0/s1. The molecule has 3 aliphatic carbocycles. The van der Waals surface area contributed by atoms with Gasteiger partial charge in [-0.3, -0.25) is 0 Å². The third kappa shape index (κ3) is 1.98. The predicted molar refractivity (Wildman–Crippen MR) is 77.5 cm³/mol. The van der Waals surface area contributed by atoms with Crippen LogP contribution in [0.5, 0.6) is 0 Å². The van der Waals surface area contributed by atoms with E-state index in [9.17, 15) is 0 Å². The third-order valence-corrected chi connectivity index (χ3v) is 5.92. The second-order valence-corrected chi connectivity index (χ2v) is 8.21. The average molecular weight is 265 g/mol. The molecule has 0 aromatic rings. The summed E-state index contributed by atoms with van der Waals surface area (Å²) in [5.41, 5.74) is 6.60. The molecule has 19 heavy (non-hydrogen) atoms. The highest BCUT2D eigenvalue weighted by Gasteiger charge is 2.67. The Balaban J connectivity index is 1.73. The van der Waals surface area contributed by atoms with Crippen molar-refractivity contribution in [2.75, 3.05) is 0 Å². The predicted octanol–water partition coefficient (Wildman–Crippen LogP) is 2.63. The Hall–Kier alpha value is -0.0551. The number of hydrogen-bond acceptors (Lipinski definition) is 3. The van der Waals surface area contributed by atoms with Crippen LogP contribution >= 0.6 is 0 Å². The summed E-state index contributed by atoms with van der Waals surface area (Å²) < 4.78 is 12.5. The highest BCUT2D eigenvalue weighted by molar-refractivity contribution is 6.47. The SMILES string of the molecule is CC(C)C[C@H](N)B1O[C@H]2C3C[C@@H](C[C@]2(C)O1)C3(C)C. The number of hydrogen-bond donors (Lipinski definition) is 1. The van der Waals surface area contributed by atoms with Gasteiger partial charge in [0.1, 0.15) is 0 Å². The van der Waals surface area contributed by atoms with E-state index in [1.807, 2.05) is 0 Å². The van der Waals surface area contributed by atoms with E-state index >= 15 is 0 Å². The Morgan fingerprint density at radius 3 is 2.58 bits per heavy atom. The van der Waals surface area contributed by atoms with E-state index in [0.29, 0.717) is 17.3 Å². The lowest BCUT2D eigenvalue weighted by molar-refractivity contribution is -0.185. The van der Waals surface area contributed by atoms with Gasteiger partial charge in [-0.05, 0) is 49.4 Å². The van der Waals surface area contributed by atoms with E-state index in [-0.39, 0.29) is 24.8 Å². The van der Waals surface area contributed by atoms with Crippen molar-refractivity contribution in [1.29, 1.82) is 0 Å². The van der Waals surface area contributed by atoms with E-state index < -0.39 is 0 Å². The molecule has 0 spiro atoms. The van der Waals surface area contributed by atoms with Crippen LogP contribution in [-0.2, 0) is 9.31 Å².